The molecule has 4 N–H and O–H groups in total. The Bertz CT molecular complexity index is 134. The SMILES string of the molecule is NC(=O)CN=C(N)CCl. The maximum absolute atomic E-state index is 10.0. The first-order valence-electron chi connectivity index (χ1n) is 2.30. The molecule has 0 aromatic rings. The zero-order chi connectivity index (χ0) is 7.28. The molecule has 0 aromatic heterocycles. The minimum Gasteiger partial charge on any atom is -0.386 e. The van der Waals surface area contributed by atoms with Gasteiger partial charge in [0.1, 0.15) is 12.4 Å². The third kappa shape index (κ3) is 5.10. The molecule has 0 rings (SSSR count). The Morgan fingerprint density at radius 3 is 2.44 bits per heavy atom. The highest BCUT2D eigenvalue weighted by atomic mass is 35.5. The predicted molar refractivity (Wildman–Crippen MR) is 36.4 cm³/mol. The lowest BCUT2D eigenvalue weighted by Crippen LogP contribution is -2.19. The van der Waals surface area contributed by atoms with Gasteiger partial charge in [-0.2, -0.15) is 0 Å². The lowest BCUT2D eigenvalue weighted by Gasteiger charge is -1.90. The largest absolute Gasteiger partial charge is 0.386 e. The number of halogens is 1. The molecular weight excluding hydrogens is 142 g/mol. The number of rotatable bonds is 3. The fourth-order valence-corrected chi connectivity index (χ4v) is 0.306. The first kappa shape index (κ1) is 8.23. The molecule has 0 aliphatic carbocycles. The van der Waals surface area contributed by atoms with Gasteiger partial charge in [0.2, 0.25) is 5.91 Å². The first-order chi connectivity index (χ1) is 4.16. The zero-order valence-corrected chi connectivity index (χ0v) is 5.56. The lowest BCUT2D eigenvalue weighted by molar-refractivity contribution is -0.116. The molecule has 0 radical (unpaired) electrons. The third-order valence-corrected chi connectivity index (χ3v) is 0.849. The normalized spacial score (nSPS) is 11.4. The van der Waals surface area contributed by atoms with Crippen molar-refractivity contribution in [3.05, 3.63) is 0 Å². The van der Waals surface area contributed by atoms with Gasteiger partial charge in [-0.15, -0.1) is 11.6 Å². The highest BCUT2D eigenvalue weighted by Gasteiger charge is 1.90. The fourth-order valence-electron chi connectivity index (χ4n) is 0.222. The molecule has 1 amide bonds. The summed E-state index contributed by atoms with van der Waals surface area (Å²) in [5, 5.41) is 0. The Morgan fingerprint density at radius 1 is 1.56 bits per heavy atom. The zero-order valence-electron chi connectivity index (χ0n) is 4.80. The van der Waals surface area contributed by atoms with Gasteiger partial charge in [-0.05, 0) is 0 Å². The van der Waals surface area contributed by atoms with Crippen LogP contribution in [0.4, 0.5) is 0 Å². The Morgan fingerprint density at radius 2 is 2.11 bits per heavy atom. The molecule has 0 atom stereocenters. The molecule has 52 valence electrons. The highest BCUT2D eigenvalue weighted by molar-refractivity contribution is 6.28. The summed E-state index contributed by atoms with van der Waals surface area (Å²) >= 11 is 5.23. The summed E-state index contributed by atoms with van der Waals surface area (Å²) < 4.78 is 0. The molecule has 0 spiro atoms. The van der Waals surface area contributed by atoms with Gasteiger partial charge in [-0.1, -0.05) is 0 Å². The van der Waals surface area contributed by atoms with Gasteiger partial charge in [-0.3, -0.25) is 9.79 Å². The predicted octanol–water partition coefficient (Wildman–Crippen LogP) is -0.932. The average Bonchev–Trinajstić information content (AvgIpc) is 1.83. The molecule has 0 aliphatic heterocycles. The molecule has 0 aliphatic rings. The Kier molecular flexibility index (Phi) is 3.79. The van der Waals surface area contributed by atoms with Crippen LogP contribution in [0.15, 0.2) is 4.99 Å². The van der Waals surface area contributed by atoms with Crippen molar-refractivity contribution in [1.29, 1.82) is 0 Å². The van der Waals surface area contributed by atoms with Crippen molar-refractivity contribution in [2.24, 2.45) is 16.5 Å². The fraction of sp³-hybridized carbons (Fsp3) is 0.500. The number of alkyl halides is 1. The van der Waals surface area contributed by atoms with Crippen molar-refractivity contribution in [3.8, 4) is 0 Å². The van der Waals surface area contributed by atoms with Gasteiger partial charge in [0.25, 0.3) is 0 Å². The van der Waals surface area contributed by atoms with Crippen LogP contribution in [0.25, 0.3) is 0 Å². The average molecular weight is 150 g/mol. The number of nitrogens with zero attached hydrogens (tertiary/aromatic N) is 1. The molecule has 4 nitrogen and oxygen atoms in total. The van der Waals surface area contributed by atoms with E-state index in [1.54, 1.807) is 0 Å². The Hall–Kier alpha value is -0.770. The topological polar surface area (TPSA) is 81.5 Å². The van der Waals surface area contributed by atoms with Gasteiger partial charge >= 0.3 is 0 Å². The number of carbonyl (C=O) groups is 1. The van der Waals surface area contributed by atoms with E-state index in [9.17, 15) is 4.79 Å². The van der Waals surface area contributed by atoms with E-state index in [1.807, 2.05) is 0 Å². The van der Waals surface area contributed by atoms with Crippen LogP contribution in [-0.2, 0) is 4.79 Å². The van der Waals surface area contributed by atoms with E-state index in [1.165, 1.54) is 0 Å². The quantitative estimate of drug-likeness (QED) is 0.309. The smallest absolute Gasteiger partial charge is 0.239 e. The summed E-state index contributed by atoms with van der Waals surface area (Å²) in [4.78, 5) is 13.6. The van der Waals surface area contributed by atoms with Crippen molar-refractivity contribution in [2.75, 3.05) is 12.4 Å². The van der Waals surface area contributed by atoms with E-state index in [0.717, 1.165) is 0 Å². The number of nitrogens with two attached hydrogens (primary N) is 2. The minimum atomic E-state index is -0.511. The summed E-state index contributed by atoms with van der Waals surface area (Å²) in [6, 6.07) is 0. The second-order valence-electron chi connectivity index (χ2n) is 1.41. The van der Waals surface area contributed by atoms with E-state index in [-0.39, 0.29) is 18.3 Å². The molecular formula is C4H8ClN3O. The molecule has 0 saturated heterocycles. The van der Waals surface area contributed by atoms with Gasteiger partial charge < -0.3 is 11.5 Å². The monoisotopic (exact) mass is 149 g/mol. The molecule has 0 saturated carbocycles. The number of aliphatic imine (C=N–C) groups is 1. The maximum Gasteiger partial charge on any atom is 0.239 e. The summed E-state index contributed by atoms with van der Waals surface area (Å²) in [6.07, 6.45) is 0. The molecule has 9 heavy (non-hydrogen) atoms. The van der Waals surface area contributed by atoms with Crippen molar-refractivity contribution in [3.63, 3.8) is 0 Å². The summed E-state index contributed by atoms with van der Waals surface area (Å²) in [5.74, 6) is -0.147. The maximum atomic E-state index is 10.0. The minimum absolute atomic E-state index is 0.0848. The van der Waals surface area contributed by atoms with E-state index in [4.69, 9.17) is 23.1 Å². The second-order valence-corrected chi connectivity index (χ2v) is 1.67. The molecule has 0 aromatic carbocycles. The van der Waals surface area contributed by atoms with E-state index >= 15 is 0 Å². The van der Waals surface area contributed by atoms with Crippen molar-refractivity contribution >= 4 is 23.3 Å². The third-order valence-electron chi connectivity index (χ3n) is 0.575. The lowest BCUT2D eigenvalue weighted by atomic mass is 10.6. The van der Waals surface area contributed by atoms with Crippen LogP contribution in [0, 0.1) is 0 Å². The van der Waals surface area contributed by atoms with Crippen molar-refractivity contribution in [2.45, 2.75) is 0 Å². The summed E-state index contributed by atoms with van der Waals surface area (Å²) in [7, 11) is 0. The summed E-state index contributed by atoms with van der Waals surface area (Å²) in [5.41, 5.74) is 9.88. The molecule has 0 bridgehead atoms. The number of primary amides is 1. The number of hydrogen-bond acceptors (Lipinski definition) is 2. The molecule has 5 heteroatoms. The van der Waals surface area contributed by atoms with Gasteiger partial charge in [-0.25, -0.2) is 0 Å². The van der Waals surface area contributed by atoms with E-state index < -0.39 is 5.91 Å². The van der Waals surface area contributed by atoms with E-state index in [2.05, 4.69) is 4.99 Å². The van der Waals surface area contributed by atoms with Crippen LogP contribution in [-0.4, -0.2) is 24.2 Å². The number of amidine groups is 1. The van der Waals surface area contributed by atoms with Crippen LogP contribution in [0.2, 0.25) is 0 Å². The molecule has 0 unspecified atom stereocenters. The Labute approximate surface area is 57.9 Å². The van der Waals surface area contributed by atoms with Crippen LogP contribution in [0.5, 0.6) is 0 Å². The highest BCUT2D eigenvalue weighted by Crippen LogP contribution is 1.75. The van der Waals surface area contributed by atoms with Crippen molar-refractivity contribution in [1.82, 2.24) is 0 Å². The van der Waals surface area contributed by atoms with E-state index in [0.29, 0.717) is 0 Å². The van der Waals surface area contributed by atoms with Gasteiger partial charge in [0.05, 0.1) is 5.88 Å². The van der Waals surface area contributed by atoms with Gasteiger partial charge in [0, 0.05) is 0 Å². The molecule has 0 heterocycles. The second kappa shape index (κ2) is 4.14. The van der Waals surface area contributed by atoms with Crippen LogP contribution >= 0.6 is 11.6 Å². The Balaban J connectivity index is 3.56. The van der Waals surface area contributed by atoms with Crippen LogP contribution in [0.1, 0.15) is 0 Å². The van der Waals surface area contributed by atoms with Crippen molar-refractivity contribution < 1.29 is 4.79 Å². The standard InChI is InChI=1S/C4H8ClN3O/c5-1-3(6)8-2-4(7)9/h1-2H2,(H2,6,8)(H2,7,9). The number of carbonyl (C=O) groups excluding carboxylic acids is 1. The van der Waals surface area contributed by atoms with Crippen LogP contribution < -0.4 is 11.5 Å². The first-order valence-corrected chi connectivity index (χ1v) is 2.83. The molecule has 0 fully saturated rings. The number of amides is 1. The summed E-state index contributed by atoms with van der Waals surface area (Å²) in [6.45, 7) is -0.0848. The van der Waals surface area contributed by atoms with Gasteiger partial charge in [0.15, 0.2) is 0 Å². The van der Waals surface area contributed by atoms with Crippen LogP contribution in [0.3, 0.4) is 0 Å². The number of hydrogen-bond donors (Lipinski definition) is 2.